The van der Waals surface area contributed by atoms with E-state index in [1.54, 1.807) is 0 Å². The van der Waals surface area contributed by atoms with Crippen molar-refractivity contribution in [3.8, 4) is 0 Å². The standard InChI is InChI=1S/C9H15NO4S/c1-7(11)14-9-4-2-3-8-5-10(9)15(12,13)6-8/h8-9H,2-6H2,1H3. The predicted octanol–water partition coefficient (Wildman–Crippen LogP) is 0.321. The van der Waals surface area contributed by atoms with Crippen LogP contribution in [0.25, 0.3) is 0 Å². The molecule has 2 bridgehead atoms. The van der Waals surface area contributed by atoms with Gasteiger partial charge in [-0.25, -0.2) is 8.42 Å². The van der Waals surface area contributed by atoms with Gasteiger partial charge in [0.15, 0.2) is 6.23 Å². The third-order valence-electron chi connectivity index (χ3n) is 2.93. The lowest BCUT2D eigenvalue weighted by Crippen LogP contribution is -2.39. The smallest absolute Gasteiger partial charge is 0.304 e. The number of ether oxygens (including phenoxy) is 1. The van der Waals surface area contributed by atoms with E-state index < -0.39 is 22.2 Å². The SMILES string of the molecule is CC(=O)OC1CCCC2CN1S(=O)(=O)C2. The molecule has 2 fully saturated rings. The van der Waals surface area contributed by atoms with Crippen LogP contribution in [0.4, 0.5) is 0 Å². The number of hydrogen-bond acceptors (Lipinski definition) is 4. The van der Waals surface area contributed by atoms with E-state index in [4.69, 9.17) is 4.74 Å². The summed E-state index contributed by atoms with van der Waals surface area (Å²) in [5.41, 5.74) is 0. The highest BCUT2D eigenvalue weighted by Gasteiger charge is 2.43. The summed E-state index contributed by atoms with van der Waals surface area (Å²) in [6.07, 6.45) is 1.89. The van der Waals surface area contributed by atoms with Crippen molar-refractivity contribution in [1.82, 2.24) is 4.31 Å². The van der Waals surface area contributed by atoms with Crippen molar-refractivity contribution in [2.75, 3.05) is 12.3 Å². The number of rotatable bonds is 1. The molecule has 0 amide bonds. The van der Waals surface area contributed by atoms with E-state index in [0.717, 1.165) is 12.8 Å². The maximum Gasteiger partial charge on any atom is 0.304 e. The van der Waals surface area contributed by atoms with Crippen molar-refractivity contribution in [3.63, 3.8) is 0 Å². The van der Waals surface area contributed by atoms with Crippen LogP contribution >= 0.6 is 0 Å². The molecule has 3 unspecified atom stereocenters. The van der Waals surface area contributed by atoms with Gasteiger partial charge in [-0.2, -0.15) is 4.31 Å². The van der Waals surface area contributed by atoms with Crippen molar-refractivity contribution in [1.29, 1.82) is 0 Å². The van der Waals surface area contributed by atoms with Gasteiger partial charge in [-0.05, 0) is 25.2 Å². The van der Waals surface area contributed by atoms with Crippen molar-refractivity contribution in [2.24, 2.45) is 5.92 Å². The van der Waals surface area contributed by atoms with E-state index in [9.17, 15) is 13.2 Å². The van der Waals surface area contributed by atoms with Gasteiger partial charge in [-0.1, -0.05) is 0 Å². The third-order valence-corrected chi connectivity index (χ3v) is 4.92. The van der Waals surface area contributed by atoms with E-state index in [1.165, 1.54) is 11.2 Å². The summed E-state index contributed by atoms with van der Waals surface area (Å²) in [5.74, 6) is 0.0150. The lowest BCUT2D eigenvalue weighted by molar-refractivity contribution is -0.152. The highest BCUT2D eigenvalue weighted by molar-refractivity contribution is 7.89. The molecule has 0 saturated carbocycles. The molecule has 15 heavy (non-hydrogen) atoms. The largest absolute Gasteiger partial charge is 0.446 e. The van der Waals surface area contributed by atoms with Gasteiger partial charge in [-0.3, -0.25) is 4.79 Å². The fourth-order valence-corrected chi connectivity index (χ4v) is 4.32. The molecular weight excluding hydrogens is 218 g/mol. The minimum absolute atomic E-state index is 0.213. The summed E-state index contributed by atoms with van der Waals surface area (Å²) in [4.78, 5) is 10.9. The topological polar surface area (TPSA) is 63.7 Å². The zero-order valence-corrected chi connectivity index (χ0v) is 9.50. The van der Waals surface area contributed by atoms with Crippen LogP contribution in [0.2, 0.25) is 0 Å². The van der Waals surface area contributed by atoms with Crippen molar-refractivity contribution in [3.05, 3.63) is 0 Å². The molecule has 0 spiro atoms. The highest BCUT2D eigenvalue weighted by Crippen LogP contribution is 2.32. The van der Waals surface area contributed by atoms with Gasteiger partial charge in [-0.15, -0.1) is 0 Å². The number of fused-ring (bicyclic) bond motifs is 2. The summed E-state index contributed by atoms with van der Waals surface area (Å²) in [6, 6.07) is 0. The zero-order chi connectivity index (χ0) is 11.1. The summed E-state index contributed by atoms with van der Waals surface area (Å²) < 4.78 is 29.8. The van der Waals surface area contributed by atoms with Crippen LogP contribution in [-0.4, -0.2) is 37.2 Å². The fraction of sp³-hybridized carbons (Fsp3) is 0.889. The van der Waals surface area contributed by atoms with Crippen LogP contribution in [0.3, 0.4) is 0 Å². The Morgan fingerprint density at radius 2 is 2.13 bits per heavy atom. The summed E-state index contributed by atoms with van der Waals surface area (Å²) in [7, 11) is -3.19. The van der Waals surface area contributed by atoms with Crippen molar-refractivity contribution in [2.45, 2.75) is 32.4 Å². The quantitative estimate of drug-likeness (QED) is 0.612. The molecular formula is C9H15NO4S. The van der Waals surface area contributed by atoms with E-state index in [1.807, 2.05) is 0 Å². The molecule has 0 radical (unpaired) electrons. The molecule has 5 nitrogen and oxygen atoms in total. The summed E-state index contributed by atoms with van der Waals surface area (Å²) in [6.45, 7) is 1.82. The van der Waals surface area contributed by atoms with Gasteiger partial charge < -0.3 is 4.74 Å². The Hall–Kier alpha value is -0.620. The molecule has 0 aromatic rings. The highest BCUT2D eigenvalue weighted by atomic mass is 32.2. The molecule has 6 heteroatoms. The first-order valence-corrected chi connectivity index (χ1v) is 6.77. The lowest BCUT2D eigenvalue weighted by Gasteiger charge is -2.24. The van der Waals surface area contributed by atoms with E-state index >= 15 is 0 Å². The predicted molar refractivity (Wildman–Crippen MR) is 53.4 cm³/mol. The average Bonchev–Trinajstić information content (AvgIpc) is 2.28. The van der Waals surface area contributed by atoms with Crippen molar-refractivity contribution < 1.29 is 17.9 Å². The van der Waals surface area contributed by atoms with E-state index in [2.05, 4.69) is 0 Å². The van der Waals surface area contributed by atoms with Gasteiger partial charge in [0.25, 0.3) is 0 Å². The Kier molecular flexibility index (Phi) is 2.72. The van der Waals surface area contributed by atoms with Crippen LogP contribution < -0.4 is 0 Å². The molecule has 0 aliphatic carbocycles. The second kappa shape index (κ2) is 3.75. The van der Waals surface area contributed by atoms with Gasteiger partial charge in [0, 0.05) is 13.5 Å². The molecule has 2 heterocycles. The van der Waals surface area contributed by atoms with Gasteiger partial charge >= 0.3 is 5.97 Å². The van der Waals surface area contributed by atoms with Gasteiger partial charge in [0.1, 0.15) is 0 Å². The Morgan fingerprint density at radius 1 is 1.40 bits per heavy atom. The molecule has 3 atom stereocenters. The minimum Gasteiger partial charge on any atom is -0.446 e. The number of carbonyl (C=O) groups excluding carboxylic acids is 1. The van der Waals surface area contributed by atoms with Crippen LogP contribution in [0, 0.1) is 5.92 Å². The Bertz CT molecular complexity index is 364. The lowest BCUT2D eigenvalue weighted by atomic mass is 10.1. The molecule has 2 aliphatic rings. The van der Waals surface area contributed by atoms with Crippen LogP contribution in [0.1, 0.15) is 26.2 Å². The molecule has 0 N–H and O–H groups in total. The maximum atomic E-state index is 11.7. The first kappa shape index (κ1) is 10.9. The maximum absolute atomic E-state index is 11.7. The number of hydrogen-bond donors (Lipinski definition) is 0. The third kappa shape index (κ3) is 2.15. The van der Waals surface area contributed by atoms with E-state index in [-0.39, 0.29) is 11.7 Å². The molecule has 86 valence electrons. The monoisotopic (exact) mass is 233 g/mol. The van der Waals surface area contributed by atoms with Crippen molar-refractivity contribution >= 4 is 16.0 Å². The van der Waals surface area contributed by atoms with Gasteiger partial charge in [0.2, 0.25) is 10.0 Å². The second-order valence-electron chi connectivity index (χ2n) is 4.21. The minimum atomic E-state index is -3.19. The molecule has 0 aromatic heterocycles. The molecule has 0 aromatic carbocycles. The second-order valence-corrected chi connectivity index (χ2v) is 6.18. The first-order chi connectivity index (χ1) is 6.99. The Morgan fingerprint density at radius 3 is 2.80 bits per heavy atom. The molecule has 2 aliphatic heterocycles. The summed E-state index contributed by atoms with van der Waals surface area (Å²) in [5, 5.41) is 0. The zero-order valence-electron chi connectivity index (χ0n) is 8.68. The number of nitrogens with zero attached hydrogens (tertiary/aromatic N) is 1. The Labute approximate surface area is 89.4 Å². The molecule has 2 rings (SSSR count). The Balaban J connectivity index is 2.20. The van der Waals surface area contributed by atoms with Gasteiger partial charge in [0.05, 0.1) is 5.75 Å². The average molecular weight is 233 g/mol. The van der Waals surface area contributed by atoms with Crippen LogP contribution in [0.15, 0.2) is 0 Å². The fourth-order valence-electron chi connectivity index (χ4n) is 2.32. The van der Waals surface area contributed by atoms with E-state index in [0.29, 0.717) is 13.0 Å². The van der Waals surface area contributed by atoms with Crippen LogP contribution in [0.5, 0.6) is 0 Å². The summed E-state index contributed by atoms with van der Waals surface area (Å²) >= 11 is 0. The molecule has 2 saturated heterocycles. The van der Waals surface area contributed by atoms with Crippen LogP contribution in [-0.2, 0) is 19.6 Å². The normalized spacial score (nSPS) is 38.3. The number of esters is 1. The number of sulfonamides is 1. The first-order valence-electron chi connectivity index (χ1n) is 5.16. The number of carbonyl (C=O) groups is 1.